The van der Waals surface area contributed by atoms with Gasteiger partial charge in [-0.15, -0.1) is 0 Å². The van der Waals surface area contributed by atoms with Crippen LogP contribution in [0.15, 0.2) is 48.5 Å². The molecule has 2 rings (SSSR count). The topological polar surface area (TPSA) is 40.5 Å². The van der Waals surface area contributed by atoms with Gasteiger partial charge in [0.25, 0.3) is 0 Å². The summed E-state index contributed by atoms with van der Waals surface area (Å²) in [6, 6.07) is 13.1. The SMILES string of the molecule is OC(Cc1c(F)cccc1Cl)C(O)c1ccccc1. The molecule has 2 atom stereocenters. The molecule has 4 heteroatoms. The Morgan fingerprint density at radius 3 is 2.32 bits per heavy atom. The van der Waals surface area contributed by atoms with Crippen LogP contribution in [0.4, 0.5) is 4.39 Å². The van der Waals surface area contributed by atoms with Gasteiger partial charge < -0.3 is 10.2 Å². The standard InChI is InChI=1S/C15H14ClFO2/c16-12-7-4-8-13(17)11(12)9-14(18)15(19)10-5-2-1-3-6-10/h1-8,14-15,18-19H,9H2. The van der Waals surface area contributed by atoms with Gasteiger partial charge in [0.1, 0.15) is 11.9 Å². The van der Waals surface area contributed by atoms with Gasteiger partial charge in [-0.05, 0) is 17.7 Å². The maximum absolute atomic E-state index is 13.6. The van der Waals surface area contributed by atoms with Crippen molar-refractivity contribution in [1.29, 1.82) is 0 Å². The predicted molar refractivity (Wildman–Crippen MR) is 72.5 cm³/mol. The van der Waals surface area contributed by atoms with E-state index < -0.39 is 18.0 Å². The van der Waals surface area contributed by atoms with Crippen molar-refractivity contribution in [3.05, 3.63) is 70.5 Å². The van der Waals surface area contributed by atoms with Crippen LogP contribution in [0, 0.1) is 5.82 Å². The Morgan fingerprint density at radius 1 is 1.00 bits per heavy atom. The lowest BCUT2D eigenvalue weighted by Gasteiger charge is -2.19. The number of hydrogen-bond acceptors (Lipinski definition) is 2. The van der Waals surface area contributed by atoms with Gasteiger partial charge in [-0.2, -0.15) is 0 Å². The number of rotatable bonds is 4. The quantitative estimate of drug-likeness (QED) is 0.903. The molecule has 0 bridgehead atoms. The Morgan fingerprint density at radius 2 is 1.68 bits per heavy atom. The number of aliphatic hydroxyl groups is 2. The highest BCUT2D eigenvalue weighted by molar-refractivity contribution is 6.31. The molecule has 0 saturated heterocycles. The number of hydrogen-bond donors (Lipinski definition) is 2. The van der Waals surface area contributed by atoms with E-state index in [1.165, 1.54) is 12.1 Å². The molecule has 0 heterocycles. The van der Waals surface area contributed by atoms with Crippen LogP contribution in [0.2, 0.25) is 5.02 Å². The van der Waals surface area contributed by atoms with Crippen LogP contribution >= 0.6 is 11.6 Å². The third kappa shape index (κ3) is 3.32. The summed E-state index contributed by atoms with van der Waals surface area (Å²) < 4.78 is 13.6. The summed E-state index contributed by atoms with van der Waals surface area (Å²) >= 11 is 5.89. The lowest BCUT2D eigenvalue weighted by molar-refractivity contribution is 0.0185. The fourth-order valence-electron chi connectivity index (χ4n) is 1.92. The normalized spacial score (nSPS) is 14.1. The third-order valence-electron chi connectivity index (χ3n) is 2.98. The van der Waals surface area contributed by atoms with Gasteiger partial charge in [-0.25, -0.2) is 4.39 Å². The summed E-state index contributed by atoms with van der Waals surface area (Å²) in [5.41, 5.74) is 0.800. The molecular formula is C15H14ClFO2. The summed E-state index contributed by atoms with van der Waals surface area (Å²) in [7, 11) is 0. The summed E-state index contributed by atoms with van der Waals surface area (Å²) in [6.45, 7) is 0. The monoisotopic (exact) mass is 280 g/mol. The van der Waals surface area contributed by atoms with Crippen LogP contribution in [0.25, 0.3) is 0 Å². The van der Waals surface area contributed by atoms with Crippen molar-refractivity contribution in [3.63, 3.8) is 0 Å². The summed E-state index contributed by atoms with van der Waals surface area (Å²) in [6.07, 6.45) is -2.23. The first kappa shape index (κ1) is 14.0. The first-order valence-electron chi connectivity index (χ1n) is 5.93. The van der Waals surface area contributed by atoms with E-state index in [4.69, 9.17) is 11.6 Å². The van der Waals surface area contributed by atoms with Crippen LogP contribution < -0.4 is 0 Å². The molecule has 100 valence electrons. The van der Waals surface area contributed by atoms with Crippen LogP contribution in [0.3, 0.4) is 0 Å². The number of halogens is 2. The van der Waals surface area contributed by atoms with Crippen LogP contribution in [-0.4, -0.2) is 16.3 Å². The maximum atomic E-state index is 13.6. The predicted octanol–water partition coefficient (Wildman–Crippen LogP) is 3.12. The van der Waals surface area contributed by atoms with Crippen LogP contribution in [0.5, 0.6) is 0 Å². The highest BCUT2D eigenvalue weighted by atomic mass is 35.5. The molecule has 2 N–H and O–H groups in total. The Kier molecular flexibility index (Phi) is 4.53. The van der Waals surface area contributed by atoms with Gasteiger partial charge in [0.05, 0.1) is 6.10 Å². The smallest absolute Gasteiger partial charge is 0.127 e. The van der Waals surface area contributed by atoms with E-state index in [0.717, 1.165) is 0 Å². The lowest BCUT2D eigenvalue weighted by atomic mass is 9.98. The molecule has 2 unspecified atom stereocenters. The zero-order valence-corrected chi connectivity index (χ0v) is 10.9. The average molecular weight is 281 g/mol. The minimum atomic E-state index is -1.11. The van der Waals surface area contributed by atoms with Crippen molar-refractivity contribution in [2.24, 2.45) is 0 Å². The van der Waals surface area contributed by atoms with E-state index in [1.807, 2.05) is 6.07 Å². The molecule has 0 aliphatic heterocycles. The molecule has 0 aromatic heterocycles. The van der Waals surface area contributed by atoms with Crippen LogP contribution in [0.1, 0.15) is 17.2 Å². The summed E-state index contributed by atoms with van der Waals surface area (Å²) in [4.78, 5) is 0. The first-order valence-corrected chi connectivity index (χ1v) is 6.31. The van der Waals surface area contributed by atoms with E-state index in [2.05, 4.69) is 0 Å². The van der Waals surface area contributed by atoms with Gasteiger partial charge in [0.15, 0.2) is 0 Å². The average Bonchev–Trinajstić information content (AvgIpc) is 2.43. The zero-order valence-electron chi connectivity index (χ0n) is 10.1. The molecule has 19 heavy (non-hydrogen) atoms. The molecule has 0 fully saturated rings. The van der Waals surface area contributed by atoms with Crippen molar-refractivity contribution in [2.75, 3.05) is 0 Å². The van der Waals surface area contributed by atoms with Crippen molar-refractivity contribution in [1.82, 2.24) is 0 Å². The van der Waals surface area contributed by atoms with Gasteiger partial charge in [-0.3, -0.25) is 0 Å². The van der Waals surface area contributed by atoms with Crippen molar-refractivity contribution in [2.45, 2.75) is 18.6 Å². The molecule has 0 saturated carbocycles. The van der Waals surface area contributed by atoms with Crippen LogP contribution in [-0.2, 0) is 6.42 Å². The van der Waals surface area contributed by atoms with Gasteiger partial charge in [0.2, 0.25) is 0 Å². The van der Waals surface area contributed by atoms with E-state index in [-0.39, 0.29) is 17.0 Å². The summed E-state index contributed by atoms with van der Waals surface area (Å²) in [5.74, 6) is -0.480. The molecule has 0 radical (unpaired) electrons. The highest BCUT2D eigenvalue weighted by Crippen LogP contribution is 2.25. The lowest BCUT2D eigenvalue weighted by Crippen LogP contribution is -2.21. The Bertz CT molecular complexity index is 525. The first-order chi connectivity index (χ1) is 9.09. The van der Waals surface area contributed by atoms with Gasteiger partial charge in [0, 0.05) is 17.0 Å². The van der Waals surface area contributed by atoms with E-state index in [0.29, 0.717) is 5.56 Å². The molecule has 2 nitrogen and oxygen atoms in total. The van der Waals surface area contributed by atoms with E-state index in [9.17, 15) is 14.6 Å². The molecular weight excluding hydrogens is 267 g/mol. The Labute approximate surface area is 116 Å². The second-order valence-corrected chi connectivity index (χ2v) is 4.73. The molecule has 0 aliphatic rings. The number of aliphatic hydroxyl groups excluding tert-OH is 2. The number of benzene rings is 2. The second kappa shape index (κ2) is 6.15. The highest BCUT2D eigenvalue weighted by Gasteiger charge is 2.21. The van der Waals surface area contributed by atoms with Gasteiger partial charge in [-0.1, -0.05) is 48.0 Å². The second-order valence-electron chi connectivity index (χ2n) is 4.33. The maximum Gasteiger partial charge on any atom is 0.127 e. The van der Waals surface area contributed by atoms with E-state index in [1.54, 1.807) is 30.3 Å². The molecule has 2 aromatic rings. The fraction of sp³-hybridized carbons (Fsp3) is 0.200. The van der Waals surface area contributed by atoms with Crippen molar-refractivity contribution < 1.29 is 14.6 Å². The Balaban J connectivity index is 2.15. The Hall–Kier alpha value is -1.42. The molecule has 0 amide bonds. The fourth-order valence-corrected chi connectivity index (χ4v) is 2.16. The van der Waals surface area contributed by atoms with Gasteiger partial charge >= 0.3 is 0 Å². The van der Waals surface area contributed by atoms with Crippen molar-refractivity contribution >= 4 is 11.6 Å². The molecule has 0 spiro atoms. The third-order valence-corrected chi connectivity index (χ3v) is 3.33. The largest absolute Gasteiger partial charge is 0.390 e. The molecule has 0 aliphatic carbocycles. The van der Waals surface area contributed by atoms with E-state index >= 15 is 0 Å². The zero-order chi connectivity index (χ0) is 13.8. The minimum Gasteiger partial charge on any atom is -0.390 e. The van der Waals surface area contributed by atoms with Crippen molar-refractivity contribution in [3.8, 4) is 0 Å². The molecule has 2 aromatic carbocycles. The summed E-state index contributed by atoms with van der Waals surface area (Å²) in [5, 5.41) is 20.3. The minimum absolute atomic E-state index is 0.0401.